The fourth-order valence-electron chi connectivity index (χ4n) is 1.21. The van der Waals surface area contributed by atoms with Gasteiger partial charge in [0.15, 0.2) is 0 Å². The molecule has 0 atom stereocenters. The number of piperidine rings is 1. The Bertz CT molecular complexity index is 263. The van der Waals surface area contributed by atoms with E-state index < -0.39 is 10.0 Å². The third-order valence-electron chi connectivity index (χ3n) is 1.83. The molecule has 0 amide bonds. The minimum Gasteiger partial charge on any atom is -0.213 e. The molecule has 0 aromatic heterocycles. The fourth-order valence-corrected chi connectivity index (χ4v) is 4.18. The summed E-state index contributed by atoms with van der Waals surface area (Å²) in [5, 5.41) is 0. The van der Waals surface area contributed by atoms with Crippen LogP contribution in [-0.4, -0.2) is 33.5 Å². The molecule has 0 aromatic carbocycles. The van der Waals surface area contributed by atoms with Crippen LogP contribution in [0.15, 0.2) is 0 Å². The van der Waals surface area contributed by atoms with Gasteiger partial charge in [-0.1, -0.05) is 45.2 Å². The van der Waals surface area contributed by atoms with Crippen LogP contribution < -0.4 is 0 Å². The summed E-state index contributed by atoms with van der Waals surface area (Å²) in [5.41, 5.74) is 0. The van der Waals surface area contributed by atoms with Crippen molar-refractivity contribution in [1.29, 1.82) is 0 Å². The van der Waals surface area contributed by atoms with Gasteiger partial charge in [0.05, 0.1) is 7.68 Å². The highest BCUT2D eigenvalue weighted by molar-refractivity contribution is 14.2. The first kappa shape index (κ1) is 11.4. The second-order valence-electron chi connectivity index (χ2n) is 3.06. The lowest BCUT2D eigenvalue weighted by atomic mass is 10.2. The highest BCUT2D eigenvalue weighted by Gasteiger charge is 2.33. The minimum atomic E-state index is -2.97. The van der Waals surface area contributed by atoms with Gasteiger partial charge in [0, 0.05) is 13.1 Å². The summed E-state index contributed by atoms with van der Waals surface area (Å²) in [6, 6.07) is 0. The van der Waals surface area contributed by atoms with Crippen molar-refractivity contribution in [3.05, 3.63) is 0 Å². The van der Waals surface area contributed by atoms with Crippen LogP contribution in [0.25, 0.3) is 0 Å². The van der Waals surface area contributed by atoms with E-state index in [2.05, 4.69) is 45.2 Å². The summed E-state index contributed by atoms with van der Waals surface area (Å²) in [6.45, 7) is 1.33. The molecule has 1 fully saturated rings. The largest absolute Gasteiger partial charge is 0.213 e. The Hall–Kier alpha value is 1.37. The van der Waals surface area contributed by atoms with E-state index in [9.17, 15) is 8.42 Å². The molecule has 3 nitrogen and oxygen atoms in total. The van der Waals surface area contributed by atoms with Crippen LogP contribution in [-0.2, 0) is 10.0 Å². The van der Waals surface area contributed by atoms with Crippen LogP contribution in [0.5, 0.6) is 0 Å². The number of hydrogen-bond donors (Lipinski definition) is 0. The van der Waals surface area contributed by atoms with Crippen LogP contribution in [0.3, 0.4) is 0 Å². The Labute approximate surface area is 101 Å². The SMILES string of the molecule is CS(=O)(=O)N1CCCC(I)(I)C1. The van der Waals surface area contributed by atoms with Gasteiger partial charge in [-0.05, 0) is 12.8 Å². The summed E-state index contributed by atoms with van der Waals surface area (Å²) in [7, 11) is -2.97. The number of nitrogens with zero attached hydrogens (tertiary/aromatic N) is 1. The topological polar surface area (TPSA) is 37.4 Å². The smallest absolute Gasteiger partial charge is 0.211 e. The maximum Gasteiger partial charge on any atom is 0.211 e. The van der Waals surface area contributed by atoms with Crippen molar-refractivity contribution in [2.24, 2.45) is 0 Å². The second kappa shape index (κ2) is 3.85. The third-order valence-corrected chi connectivity index (χ3v) is 4.84. The molecule has 0 bridgehead atoms. The van der Waals surface area contributed by atoms with Crippen LogP contribution in [0, 0.1) is 0 Å². The van der Waals surface area contributed by atoms with Crippen molar-refractivity contribution in [1.82, 2.24) is 4.31 Å². The van der Waals surface area contributed by atoms with Gasteiger partial charge in [-0.2, -0.15) is 0 Å². The molecule has 0 N–H and O–H groups in total. The predicted molar refractivity (Wildman–Crippen MR) is 66.4 cm³/mol. The molecule has 12 heavy (non-hydrogen) atoms. The van der Waals surface area contributed by atoms with Gasteiger partial charge >= 0.3 is 0 Å². The maximum atomic E-state index is 11.2. The van der Waals surface area contributed by atoms with Gasteiger partial charge in [-0.3, -0.25) is 0 Å². The zero-order valence-electron chi connectivity index (χ0n) is 6.76. The van der Waals surface area contributed by atoms with Gasteiger partial charge in [-0.15, -0.1) is 0 Å². The zero-order valence-corrected chi connectivity index (χ0v) is 11.9. The molecule has 0 unspecified atom stereocenters. The van der Waals surface area contributed by atoms with E-state index in [0.717, 1.165) is 12.8 Å². The predicted octanol–water partition coefficient (Wildman–Crippen LogP) is 1.61. The van der Waals surface area contributed by atoms with Gasteiger partial charge in [0.2, 0.25) is 10.0 Å². The average Bonchev–Trinajstić information content (AvgIpc) is 1.83. The molecule has 1 heterocycles. The van der Waals surface area contributed by atoms with Gasteiger partial charge in [0.25, 0.3) is 0 Å². The van der Waals surface area contributed by atoms with Crippen LogP contribution in [0.1, 0.15) is 12.8 Å². The molecule has 0 aliphatic carbocycles. The second-order valence-corrected chi connectivity index (χ2v) is 11.2. The number of rotatable bonds is 1. The molecule has 0 aromatic rings. The molecular weight excluding hydrogens is 404 g/mol. The number of alkyl halides is 2. The molecule has 1 aliphatic heterocycles. The molecular formula is C6H11I2NO2S. The normalized spacial score (nSPS) is 25.6. The van der Waals surface area contributed by atoms with E-state index >= 15 is 0 Å². The highest BCUT2D eigenvalue weighted by Crippen LogP contribution is 2.37. The Balaban J connectivity index is 2.71. The first-order chi connectivity index (χ1) is 5.31. The molecule has 1 rings (SSSR count). The van der Waals surface area contributed by atoms with Crippen LogP contribution >= 0.6 is 45.2 Å². The lowest BCUT2D eigenvalue weighted by Crippen LogP contribution is -2.43. The van der Waals surface area contributed by atoms with Gasteiger partial charge in [0.1, 0.15) is 0 Å². The van der Waals surface area contributed by atoms with Crippen molar-refractivity contribution in [2.45, 2.75) is 14.3 Å². The molecule has 0 radical (unpaired) electrons. The standard InChI is InChI=1S/C6H11I2NO2S/c1-12(10,11)9-4-2-3-6(7,8)5-9/h2-5H2,1H3. The Morgan fingerprint density at radius 2 is 2.00 bits per heavy atom. The minimum absolute atomic E-state index is 0.0941. The van der Waals surface area contributed by atoms with E-state index in [4.69, 9.17) is 0 Å². The summed E-state index contributed by atoms with van der Waals surface area (Å²) in [6.07, 6.45) is 3.35. The fraction of sp³-hybridized carbons (Fsp3) is 1.00. The van der Waals surface area contributed by atoms with Gasteiger partial charge < -0.3 is 0 Å². The van der Waals surface area contributed by atoms with Crippen molar-refractivity contribution in [3.8, 4) is 0 Å². The average molecular weight is 415 g/mol. The summed E-state index contributed by atoms with van der Waals surface area (Å²) in [5.74, 6) is 0. The van der Waals surface area contributed by atoms with E-state index in [1.54, 1.807) is 4.31 Å². The zero-order chi connectivity index (χ0) is 9.41. The van der Waals surface area contributed by atoms with Crippen molar-refractivity contribution >= 4 is 55.2 Å². The first-order valence-corrected chi connectivity index (χ1v) is 7.65. The third kappa shape index (κ3) is 3.26. The van der Waals surface area contributed by atoms with Crippen LogP contribution in [0.2, 0.25) is 0 Å². The molecule has 1 aliphatic rings. The number of halogens is 2. The van der Waals surface area contributed by atoms with E-state index in [1.807, 2.05) is 0 Å². The monoisotopic (exact) mass is 415 g/mol. The van der Waals surface area contributed by atoms with E-state index in [1.165, 1.54) is 6.26 Å². The molecule has 0 saturated carbocycles. The first-order valence-electron chi connectivity index (χ1n) is 3.64. The quantitative estimate of drug-likeness (QED) is 0.483. The molecule has 72 valence electrons. The Morgan fingerprint density at radius 1 is 1.42 bits per heavy atom. The molecule has 0 spiro atoms. The number of sulfonamides is 1. The van der Waals surface area contributed by atoms with Crippen molar-refractivity contribution in [3.63, 3.8) is 0 Å². The Kier molecular flexibility index (Phi) is 3.68. The van der Waals surface area contributed by atoms with Gasteiger partial charge in [-0.25, -0.2) is 12.7 Å². The van der Waals surface area contributed by atoms with Crippen LogP contribution in [0.4, 0.5) is 0 Å². The maximum absolute atomic E-state index is 11.2. The van der Waals surface area contributed by atoms with E-state index in [-0.39, 0.29) is 1.43 Å². The summed E-state index contributed by atoms with van der Waals surface area (Å²) in [4.78, 5) is 0. The number of hydrogen-bond acceptors (Lipinski definition) is 2. The van der Waals surface area contributed by atoms with Crippen molar-refractivity contribution in [2.75, 3.05) is 19.3 Å². The summed E-state index contributed by atoms with van der Waals surface area (Å²) >= 11 is 4.65. The Morgan fingerprint density at radius 3 is 2.33 bits per heavy atom. The summed E-state index contributed by atoms with van der Waals surface area (Å²) < 4.78 is 24.0. The lowest BCUT2D eigenvalue weighted by Gasteiger charge is -2.33. The molecule has 6 heteroatoms. The van der Waals surface area contributed by atoms with Crippen molar-refractivity contribution < 1.29 is 8.42 Å². The lowest BCUT2D eigenvalue weighted by molar-refractivity contribution is 0.356. The van der Waals surface area contributed by atoms with E-state index in [0.29, 0.717) is 13.1 Å². The molecule has 1 saturated heterocycles. The highest BCUT2D eigenvalue weighted by atomic mass is 127.